The molecule has 1 heterocycles. The summed E-state index contributed by atoms with van der Waals surface area (Å²) in [6, 6.07) is 0. The molecular weight excluding hydrogens is 130 g/mol. The maximum atomic E-state index is 10.7. The van der Waals surface area contributed by atoms with Crippen LogP contribution < -0.4 is 5.32 Å². The van der Waals surface area contributed by atoms with Crippen LogP contribution in [-0.4, -0.2) is 23.2 Å². The van der Waals surface area contributed by atoms with Crippen molar-refractivity contribution in [3.05, 3.63) is 0 Å². The molecule has 2 aliphatic rings. The SMILES string of the molecule is O=C(O)[C@@]12CC1CCCN2. The van der Waals surface area contributed by atoms with E-state index in [0.717, 1.165) is 25.8 Å². The van der Waals surface area contributed by atoms with Crippen LogP contribution in [0, 0.1) is 5.92 Å². The van der Waals surface area contributed by atoms with Gasteiger partial charge in [-0.25, -0.2) is 0 Å². The average Bonchev–Trinajstić information content (AvgIpc) is 2.61. The predicted octanol–water partition coefficient (Wildman–Crippen LogP) is 0.213. The van der Waals surface area contributed by atoms with Crippen LogP contribution in [0.15, 0.2) is 0 Å². The molecule has 1 aliphatic carbocycles. The van der Waals surface area contributed by atoms with E-state index in [0.29, 0.717) is 5.92 Å². The quantitative estimate of drug-likeness (QED) is 0.549. The summed E-state index contributed by atoms with van der Waals surface area (Å²) in [6.45, 7) is 0.878. The van der Waals surface area contributed by atoms with Crippen LogP contribution in [0.25, 0.3) is 0 Å². The van der Waals surface area contributed by atoms with Gasteiger partial charge in [-0.15, -0.1) is 0 Å². The Labute approximate surface area is 59.4 Å². The summed E-state index contributed by atoms with van der Waals surface area (Å²) in [5, 5.41) is 11.8. The van der Waals surface area contributed by atoms with Gasteiger partial charge < -0.3 is 10.4 Å². The topological polar surface area (TPSA) is 49.3 Å². The van der Waals surface area contributed by atoms with Crippen molar-refractivity contribution < 1.29 is 9.90 Å². The maximum absolute atomic E-state index is 10.7. The molecule has 56 valence electrons. The van der Waals surface area contributed by atoms with Gasteiger partial charge in [0, 0.05) is 0 Å². The molecule has 0 bridgehead atoms. The lowest BCUT2D eigenvalue weighted by atomic mass is 10.1. The van der Waals surface area contributed by atoms with E-state index in [1.165, 1.54) is 0 Å². The lowest BCUT2D eigenvalue weighted by Crippen LogP contribution is -2.44. The van der Waals surface area contributed by atoms with E-state index in [9.17, 15) is 4.79 Å². The molecule has 0 aromatic heterocycles. The normalized spacial score (nSPS) is 44.2. The fourth-order valence-electron chi connectivity index (χ4n) is 1.89. The summed E-state index contributed by atoms with van der Waals surface area (Å²) in [6.07, 6.45) is 3.08. The predicted molar refractivity (Wildman–Crippen MR) is 35.7 cm³/mol. The number of piperidine rings is 1. The van der Waals surface area contributed by atoms with Gasteiger partial charge in [0.05, 0.1) is 0 Å². The third-order valence-corrected chi connectivity index (χ3v) is 2.66. The Hall–Kier alpha value is -0.570. The maximum Gasteiger partial charge on any atom is 0.324 e. The van der Waals surface area contributed by atoms with Gasteiger partial charge in [-0.3, -0.25) is 4.79 Å². The Morgan fingerprint density at radius 1 is 1.70 bits per heavy atom. The summed E-state index contributed by atoms with van der Waals surface area (Å²) >= 11 is 0. The van der Waals surface area contributed by atoms with Gasteiger partial charge >= 0.3 is 5.97 Å². The second-order valence-corrected chi connectivity index (χ2v) is 3.25. The first-order chi connectivity index (χ1) is 4.76. The van der Waals surface area contributed by atoms with Crippen LogP contribution in [0.2, 0.25) is 0 Å². The molecule has 2 N–H and O–H groups in total. The van der Waals surface area contributed by atoms with Crippen LogP contribution >= 0.6 is 0 Å². The zero-order valence-corrected chi connectivity index (χ0v) is 5.76. The monoisotopic (exact) mass is 141 g/mol. The largest absolute Gasteiger partial charge is 0.480 e. The third kappa shape index (κ3) is 0.611. The van der Waals surface area contributed by atoms with Gasteiger partial charge in [0.25, 0.3) is 0 Å². The average molecular weight is 141 g/mol. The Kier molecular flexibility index (Phi) is 1.06. The Balaban J connectivity index is 2.12. The van der Waals surface area contributed by atoms with Gasteiger partial charge in [0.15, 0.2) is 0 Å². The molecule has 1 unspecified atom stereocenters. The number of rotatable bonds is 1. The molecule has 0 spiro atoms. The molecule has 0 radical (unpaired) electrons. The van der Waals surface area contributed by atoms with Crippen LogP contribution in [0.5, 0.6) is 0 Å². The molecular formula is C7H11NO2. The van der Waals surface area contributed by atoms with Crippen molar-refractivity contribution in [1.29, 1.82) is 0 Å². The second-order valence-electron chi connectivity index (χ2n) is 3.25. The molecule has 3 nitrogen and oxygen atoms in total. The van der Waals surface area contributed by atoms with E-state index in [1.54, 1.807) is 0 Å². The van der Waals surface area contributed by atoms with Gasteiger partial charge in [0.1, 0.15) is 5.54 Å². The van der Waals surface area contributed by atoms with E-state index in [-0.39, 0.29) is 0 Å². The Morgan fingerprint density at radius 3 is 3.00 bits per heavy atom. The number of hydrogen-bond donors (Lipinski definition) is 2. The highest BCUT2D eigenvalue weighted by molar-refractivity contribution is 5.83. The summed E-state index contributed by atoms with van der Waals surface area (Å²) < 4.78 is 0. The van der Waals surface area contributed by atoms with Crippen LogP contribution in [0.3, 0.4) is 0 Å². The van der Waals surface area contributed by atoms with Gasteiger partial charge in [-0.2, -0.15) is 0 Å². The molecule has 10 heavy (non-hydrogen) atoms. The summed E-state index contributed by atoms with van der Waals surface area (Å²) in [4.78, 5) is 10.7. The van der Waals surface area contributed by atoms with Crippen molar-refractivity contribution in [2.75, 3.05) is 6.54 Å². The van der Waals surface area contributed by atoms with Gasteiger partial charge in [-0.05, 0) is 31.7 Å². The number of fused-ring (bicyclic) bond motifs is 1. The fourth-order valence-corrected chi connectivity index (χ4v) is 1.89. The van der Waals surface area contributed by atoms with Crippen molar-refractivity contribution in [2.45, 2.75) is 24.8 Å². The molecule has 3 heteroatoms. The number of carboxylic acid groups (broad SMARTS) is 1. The number of nitrogens with one attached hydrogen (secondary N) is 1. The minimum atomic E-state index is -0.655. The summed E-state index contributed by atoms with van der Waals surface area (Å²) in [5.41, 5.74) is -0.488. The van der Waals surface area contributed by atoms with E-state index >= 15 is 0 Å². The van der Waals surface area contributed by atoms with E-state index in [2.05, 4.69) is 5.32 Å². The van der Waals surface area contributed by atoms with Crippen LogP contribution in [0.4, 0.5) is 0 Å². The lowest BCUT2D eigenvalue weighted by Gasteiger charge is -2.18. The number of carboxylic acids is 1. The van der Waals surface area contributed by atoms with Crippen molar-refractivity contribution in [3.63, 3.8) is 0 Å². The molecule has 2 rings (SSSR count). The Morgan fingerprint density at radius 2 is 2.50 bits per heavy atom. The zero-order valence-electron chi connectivity index (χ0n) is 5.76. The fraction of sp³-hybridized carbons (Fsp3) is 0.857. The summed E-state index contributed by atoms with van der Waals surface area (Å²) in [5.74, 6) is -0.226. The number of aliphatic carboxylic acids is 1. The Bertz CT molecular complexity index is 180. The van der Waals surface area contributed by atoms with Crippen molar-refractivity contribution in [3.8, 4) is 0 Å². The first-order valence-electron chi connectivity index (χ1n) is 3.74. The minimum absolute atomic E-state index is 0.429. The van der Waals surface area contributed by atoms with Crippen molar-refractivity contribution in [1.82, 2.24) is 5.32 Å². The molecule has 0 amide bonds. The van der Waals surface area contributed by atoms with E-state index < -0.39 is 11.5 Å². The van der Waals surface area contributed by atoms with Crippen molar-refractivity contribution in [2.24, 2.45) is 5.92 Å². The molecule has 1 saturated carbocycles. The van der Waals surface area contributed by atoms with Crippen molar-refractivity contribution >= 4 is 5.97 Å². The molecule has 1 aliphatic heterocycles. The molecule has 1 saturated heterocycles. The second kappa shape index (κ2) is 1.72. The first kappa shape index (κ1) is 6.16. The highest BCUT2D eigenvalue weighted by Crippen LogP contribution is 2.48. The summed E-state index contributed by atoms with van der Waals surface area (Å²) in [7, 11) is 0. The highest BCUT2D eigenvalue weighted by Gasteiger charge is 2.60. The number of carbonyl (C=O) groups is 1. The lowest BCUT2D eigenvalue weighted by molar-refractivity contribution is -0.141. The molecule has 0 aromatic rings. The van der Waals surface area contributed by atoms with Gasteiger partial charge in [0.2, 0.25) is 0 Å². The molecule has 2 atom stereocenters. The van der Waals surface area contributed by atoms with Crippen LogP contribution in [-0.2, 0) is 4.79 Å². The zero-order chi connectivity index (χ0) is 7.19. The van der Waals surface area contributed by atoms with Crippen LogP contribution in [0.1, 0.15) is 19.3 Å². The molecule has 2 fully saturated rings. The minimum Gasteiger partial charge on any atom is -0.480 e. The molecule has 0 aromatic carbocycles. The van der Waals surface area contributed by atoms with Gasteiger partial charge in [-0.1, -0.05) is 0 Å². The number of hydrogen-bond acceptors (Lipinski definition) is 2. The highest BCUT2D eigenvalue weighted by atomic mass is 16.4. The van der Waals surface area contributed by atoms with E-state index in [4.69, 9.17) is 5.11 Å². The smallest absolute Gasteiger partial charge is 0.324 e. The third-order valence-electron chi connectivity index (χ3n) is 2.66. The first-order valence-corrected chi connectivity index (χ1v) is 3.74. The van der Waals surface area contributed by atoms with E-state index in [1.807, 2.05) is 0 Å². The standard InChI is InChI=1S/C7H11NO2/c9-6(10)7-4-5(7)2-1-3-8-7/h5,8H,1-4H2,(H,9,10)/t5?,7-/m1/s1.